The van der Waals surface area contributed by atoms with Gasteiger partial charge in [-0.1, -0.05) is 38.1 Å². The maximum absolute atomic E-state index is 11.0. The van der Waals surface area contributed by atoms with E-state index >= 15 is 0 Å². The molecule has 1 N–H and O–H groups in total. The third-order valence-corrected chi connectivity index (χ3v) is 2.85. The Morgan fingerprint density at radius 1 is 1.11 bits per heavy atom. The van der Waals surface area contributed by atoms with Crippen LogP contribution in [-0.2, 0) is 0 Å². The second-order valence-corrected chi connectivity index (χ2v) is 4.63. The fourth-order valence-electron chi connectivity index (χ4n) is 1.85. The number of carboxylic acid groups (broad SMARTS) is 1. The summed E-state index contributed by atoms with van der Waals surface area (Å²) >= 11 is 0. The Balaban J connectivity index is 2.40. The smallest absolute Gasteiger partial charge is 0.335 e. The number of carbonyl (C=O) groups is 1. The average Bonchev–Trinajstić information content (AvgIpc) is 2.39. The molecule has 0 heterocycles. The van der Waals surface area contributed by atoms with Gasteiger partial charge in [-0.2, -0.15) is 0 Å². The molecule has 0 amide bonds. The maximum Gasteiger partial charge on any atom is 0.335 e. The summed E-state index contributed by atoms with van der Waals surface area (Å²) in [5.41, 5.74) is 1.23. The van der Waals surface area contributed by atoms with Crippen molar-refractivity contribution in [3.05, 3.63) is 59.7 Å². The molecule has 0 aliphatic carbocycles. The molecular weight excluding hydrogens is 240 g/mol. The molecule has 0 spiro atoms. The molecule has 0 unspecified atom stereocenters. The van der Waals surface area contributed by atoms with Crippen LogP contribution in [0.25, 0.3) is 0 Å². The van der Waals surface area contributed by atoms with Crippen molar-refractivity contribution in [1.82, 2.24) is 0 Å². The monoisotopic (exact) mass is 256 g/mol. The molecule has 2 aromatic rings. The summed E-state index contributed by atoms with van der Waals surface area (Å²) in [6.45, 7) is 4.10. The van der Waals surface area contributed by atoms with Crippen molar-refractivity contribution in [1.29, 1.82) is 0 Å². The molecule has 2 aromatic carbocycles. The van der Waals surface area contributed by atoms with Gasteiger partial charge in [0.1, 0.15) is 11.5 Å². The largest absolute Gasteiger partial charge is 0.478 e. The number of para-hydroxylation sites is 1. The molecule has 0 aromatic heterocycles. The van der Waals surface area contributed by atoms with E-state index in [0.717, 1.165) is 5.56 Å². The molecule has 0 fully saturated rings. The van der Waals surface area contributed by atoms with Crippen molar-refractivity contribution in [3.63, 3.8) is 0 Å². The van der Waals surface area contributed by atoms with E-state index in [1.807, 2.05) is 50.2 Å². The van der Waals surface area contributed by atoms with Crippen molar-refractivity contribution in [2.24, 2.45) is 0 Å². The minimum atomic E-state index is -0.951. The van der Waals surface area contributed by atoms with Gasteiger partial charge < -0.3 is 9.84 Å². The highest BCUT2D eigenvalue weighted by atomic mass is 16.5. The topological polar surface area (TPSA) is 46.5 Å². The Morgan fingerprint density at radius 3 is 2.37 bits per heavy atom. The van der Waals surface area contributed by atoms with Crippen LogP contribution in [0.2, 0.25) is 0 Å². The first kappa shape index (κ1) is 13.1. The lowest BCUT2D eigenvalue weighted by atomic mass is 10.0. The van der Waals surface area contributed by atoms with Crippen molar-refractivity contribution in [2.45, 2.75) is 19.8 Å². The van der Waals surface area contributed by atoms with Crippen LogP contribution in [0.1, 0.15) is 35.7 Å². The third-order valence-electron chi connectivity index (χ3n) is 2.85. The Bertz CT molecular complexity index is 574. The maximum atomic E-state index is 11.0. The van der Waals surface area contributed by atoms with E-state index in [1.165, 1.54) is 0 Å². The van der Waals surface area contributed by atoms with Gasteiger partial charge in [0.15, 0.2) is 0 Å². The summed E-state index contributed by atoms with van der Waals surface area (Å²) in [5.74, 6) is 0.614. The van der Waals surface area contributed by atoms with Crippen molar-refractivity contribution in [2.75, 3.05) is 0 Å². The number of aromatic carboxylic acids is 1. The van der Waals surface area contributed by atoms with Gasteiger partial charge >= 0.3 is 5.97 Å². The predicted octanol–water partition coefficient (Wildman–Crippen LogP) is 4.30. The van der Waals surface area contributed by atoms with Crippen LogP contribution >= 0.6 is 0 Å². The van der Waals surface area contributed by atoms with Gasteiger partial charge in [-0.25, -0.2) is 4.79 Å². The molecule has 0 aliphatic rings. The zero-order valence-electron chi connectivity index (χ0n) is 11.0. The van der Waals surface area contributed by atoms with Crippen LogP contribution in [0.3, 0.4) is 0 Å². The Morgan fingerprint density at radius 2 is 1.79 bits per heavy atom. The number of carboxylic acids is 1. The van der Waals surface area contributed by atoms with Gasteiger partial charge in [-0.3, -0.25) is 0 Å². The summed E-state index contributed by atoms with van der Waals surface area (Å²) in [4.78, 5) is 11.0. The van der Waals surface area contributed by atoms with Crippen LogP contribution < -0.4 is 4.74 Å². The fourth-order valence-corrected chi connectivity index (χ4v) is 1.85. The van der Waals surface area contributed by atoms with E-state index in [0.29, 0.717) is 11.5 Å². The average molecular weight is 256 g/mol. The Kier molecular flexibility index (Phi) is 3.85. The SMILES string of the molecule is CC(C)c1ccc(C(=O)O)cc1Oc1ccccc1. The van der Waals surface area contributed by atoms with E-state index in [2.05, 4.69) is 0 Å². The molecule has 0 saturated carbocycles. The van der Waals surface area contributed by atoms with Crippen LogP contribution in [-0.4, -0.2) is 11.1 Å². The second-order valence-electron chi connectivity index (χ2n) is 4.63. The summed E-state index contributed by atoms with van der Waals surface area (Å²) < 4.78 is 5.80. The first-order valence-electron chi connectivity index (χ1n) is 6.18. The van der Waals surface area contributed by atoms with Gasteiger partial charge in [-0.05, 0) is 35.7 Å². The minimum absolute atomic E-state index is 0.232. The molecular formula is C16H16O3. The van der Waals surface area contributed by atoms with Gasteiger partial charge in [0.05, 0.1) is 5.56 Å². The first-order chi connectivity index (χ1) is 9.08. The van der Waals surface area contributed by atoms with Crippen LogP contribution in [0, 0.1) is 0 Å². The van der Waals surface area contributed by atoms with E-state index in [-0.39, 0.29) is 11.5 Å². The molecule has 0 aliphatic heterocycles. The molecule has 0 saturated heterocycles. The van der Waals surface area contributed by atoms with Crippen molar-refractivity contribution < 1.29 is 14.6 Å². The quantitative estimate of drug-likeness (QED) is 0.887. The molecule has 0 bridgehead atoms. The predicted molar refractivity (Wildman–Crippen MR) is 74.0 cm³/mol. The number of ether oxygens (including phenoxy) is 1. The second kappa shape index (κ2) is 5.57. The van der Waals surface area contributed by atoms with E-state index in [9.17, 15) is 4.79 Å². The van der Waals surface area contributed by atoms with E-state index in [1.54, 1.807) is 12.1 Å². The lowest BCUT2D eigenvalue weighted by Gasteiger charge is -2.14. The Hall–Kier alpha value is -2.29. The zero-order valence-corrected chi connectivity index (χ0v) is 11.0. The highest BCUT2D eigenvalue weighted by molar-refractivity contribution is 5.88. The summed E-state index contributed by atoms with van der Waals surface area (Å²) in [7, 11) is 0. The molecule has 2 rings (SSSR count). The lowest BCUT2D eigenvalue weighted by molar-refractivity contribution is 0.0696. The van der Waals surface area contributed by atoms with Gasteiger partial charge in [0, 0.05) is 0 Å². The third kappa shape index (κ3) is 3.13. The number of hydrogen-bond donors (Lipinski definition) is 1. The van der Waals surface area contributed by atoms with Gasteiger partial charge in [0.2, 0.25) is 0 Å². The first-order valence-corrected chi connectivity index (χ1v) is 6.18. The summed E-state index contributed by atoms with van der Waals surface area (Å²) in [6, 6.07) is 14.3. The lowest BCUT2D eigenvalue weighted by Crippen LogP contribution is -2.00. The standard InChI is InChI=1S/C16H16O3/c1-11(2)14-9-8-12(16(17)18)10-15(14)19-13-6-4-3-5-7-13/h3-11H,1-2H3,(H,17,18). The number of hydrogen-bond acceptors (Lipinski definition) is 2. The normalized spacial score (nSPS) is 10.5. The summed E-state index contributed by atoms with van der Waals surface area (Å²) in [6.07, 6.45) is 0. The van der Waals surface area contributed by atoms with E-state index in [4.69, 9.17) is 9.84 Å². The molecule has 19 heavy (non-hydrogen) atoms. The van der Waals surface area contributed by atoms with Crippen molar-refractivity contribution in [3.8, 4) is 11.5 Å². The van der Waals surface area contributed by atoms with Crippen LogP contribution in [0.15, 0.2) is 48.5 Å². The van der Waals surface area contributed by atoms with Crippen molar-refractivity contribution >= 4 is 5.97 Å². The highest BCUT2D eigenvalue weighted by Crippen LogP contribution is 2.31. The van der Waals surface area contributed by atoms with Gasteiger partial charge in [-0.15, -0.1) is 0 Å². The van der Waals surface area contributed by atoms with Crippen LogP contribution in [0.5, 0.6) is 11.5 Å². The molecule has 0 atom stereocenters. The summed E-state index contributed by atoms with van der Waals surface area (Å²) in [5, 5.41) is 9.05. The molecule has 98 valence electrons. The molecule has 0 radical (unpaired) electrons. The Labute approximate surface area is 112 Å². The highest BCUT2D eigenvalue weighted by Gasteiger charge is 2.12. The molecule has 3 nitrogen and oxygen atoms in total. The van der Waals surface area contributed by atoms with E-state index < -0.39 is 5.97 Å². The molecule has 3 heteroatoms. The zero-order chi connectivity index (χ0) is 13.8. The minimum Gasteiger partial charge on any atom is -0.478 e. The fraction of sp³-hybridized carbons (Fsp3) is 0.188. The van der Waals surface area contributed by atoms with Crippen LogP contribution in [0.4, 0.5) is 0 Å². The van der Waals surface area contributed by atoms with Gasteiger partial charge in [0.25, 0.3) is 0 Å². The number of rotatable bonds is 4. The number of benzene rings is 2.